The van der Waals surface area contributed by atoms with Crippen LogP contribution < -0.4 is 10.2 Å². The van der Waals surface area contributed by atoms with Crippen LogP contribution in [0.3, 0.4) is 0 Å². The van der Waals surface area contributed by atoms with Gasteiger partial charge in [0.25, 0.3) is 0 Å². The van der Waals surface area contributed by atoms with Crippen LogP contribution in [-0.4, -0.2) is 22.9 Å². The van der Waals surface area contributed by atoms with Gasteiger partial charge in [0.05, 0.1) is 18.4 Å². The number of aryl methyl sites for hydroxylation is 1. The van der Waals surface area contributed by atoms with Crippen LogP contribution in [0.25, 0.3) is 5.69 Å². The fourth-order valence-electron chi connectivity index (χ4n) is 2.70. The zero-order valence-electron chi connectivity index (χ0n) is 16.1. The van der Waals surface area contributed by atoms with Crippen molar-refractivity contribution in [3.05, 3.63) is 87.3 Å². The highest BCUT2D eigenvalue weighted by Crippen LogP contribution is 2.30. The average molecular weight is 418 g/mol. The van der Waals surface area contributed by atoms with Gasteiger partial charge in [0, 0.05) is 11.8 Å². The number of carbonyl (C=O) groups excluding carboxylic acids is 1. The summed E-state index contributed by atoms with van der Waals surface area (Å²) in [5, 5.41) is 3.95. The molecule has 0 saturated carbocycles. The van der Waals surface area contributed by atoms with Gasteiger partial charge >= 0.3 is 12.1 Å². The third-order valence-electron chi connectivity index (χ3n) is 4.25. The maximum absolute atomic E-state index is 13.0. The molecule has 0 spiro atoms. The topological polar surface area (TPSA) is 70.4 Å². The Morgan fingerprint density at radius 3 is 2.43 bits per heavy atom. The van der Waals surface area contributed by atoms with Gasteiger partial charge in [0.2, 0.25) is 11.1 Å². The van der Waals surface area contributed by atoms with Gasteiger partial charge in [-0.2, -0.15) is 18.3 Å². The van der Waals surface area contributed by atoms with E-state index in [1.807, 2.05) is 0 Å². The summed E-state index contributed by atoms with van der Waals surface area (Å²) in [5.41, 5.74) is -1.09. The van der Waals surface area contributed by atoms with E-state index in [-0.39, 0.29) is 18.0 Å². The van der Waals surface area contributed by atoms with E-state index in [0.717, 1.165) is 22.9 Å². The molecule has 3 rings (SSSR count). The molecule has 0 aliphatic carbocycles. The largest absolute Gasteiger partial charge is 0.497 e. The lowest BCUT2D eigenvalue weighted by Crippen LogP contribution is -2.24. The van der Waals surface area contributed by atoms with Gasteiger partial charge in [0.15, 0.2) is 0 Å². The van der Waals surface area contributed by atoms with E-state index in [9.17, 15) is 22.8 Å². The number of benzene rings is 2. The molecule has 2 aromatic carbocycles. The molecule has 0 aliphatic rings. The molecule has 0 aliphatic heterocycles. The molecule has 1 aromatic heterocycles. The molecule has 0 radical (unpaired) electrons. The van der Waals surface area contributed by atoms with Crippen LogP contribution >= 0.6 is 0 Å². The lowest BCUT2D eigenvalue weighted by atomic mass is 10.2. The third kappa shape index (κ3) is 4.68. The second-order valence-electron chi connectivity index (χ2n) is 6.38. The molecule has 0 amide bonds. The van der Waals surface area contributed by atoms with E-state index in [2.05, 4.69) is 5.10 Å². The van der Waals surface area contributed by atoms with E-state index >= 15 is 0 Å². The van der Waals surface area contributed by atoms with Gasteiger partial charge in [-0.3, -0.25) is 4.79 Å². The SMILES string of the molecule is COc1ccc(COC(=O)c2nn(-c3cccc(C(F)(F)F)c3)c(C)cc2=O)cc1. The zero-order chi connectivity index (χ0) is 21.9. The fourth-order valence-corrected chi connectivity index (χ4v) is 2.70. The Morgan fingerprint density at radius 1 is 1.10 bits per heavy atom. The van der Waals surface area contributed by atoms with Crippen molar-refractivity contribution in [2.45, 2.75) is 19.7 Å². The minimum Gasteiger partial charge on any atom is -0.497 e. The first-order valence-corrected chi connectivity index (χ1v) is 8.77. The standard InChI is InChI=1S/C21H17F3N2O4/c1-13-10-18(27)19(20(28)30-12-14-6-8-17(29-2)9-7-14)25-26(13)16-5-3-4-15(11-16)21(22,23)24/h3-11H,12H2,1-2H3. The normalized spacial score (nSPS) is 11.2. The summed E-state index contributed by atoms with van der Waals surface area (Å²) in [5.74, 6) is -0.342. The maximum atomic E-state index is 13.0. The Morgan fingerprint density at radius 2 is 1.80 bits per heavy atom. The van der Waals surface area contributed by atoms with Crippen molar-refractivity contribution >= 4 is 5.97 Å². The molecule has 0 bridgehead atoms. The van der Waals surface area contributed by atoms with Crippen molar-refractivity contribution in [2.24, 2.45) is 0 Å². The molecule has 0 fully saturated rings. The van der Waals surface area contributed by atoms with Crippen molar-refractivity contribution in [1.82, 2.24) is 9.78 Å². The fraction of sp³-hybridized carbons (Fsp3) is 0.190. The lowest BCUT2D eigenvalue weighted by Gasteiger charge is -2.13. The molecule has 3 aromatic rings. The summed E-state index contributed by atoms with van der Waals surface area (Å²) in [7, 11) is 1.52. The smallest absolute Gasteiger partial charge is 0.416 e. The van der Waals surface area contributed by atoms with Gasteiger partial charge < -0.3 is 9.47 Å². The van der Waals surface area contributed by atoms with E-state index in [4.69, 9.17) is 9.47 Å². The quantitative estimate of drug-likeness (QED) is 0.588. The van der Waals surface area contributed by atoms with Crippen LogP contribution in [0.4, 0.5) is 13.2 Å². The highest BCUT2D eigenvalue weighted by molar-refractivity contribution is 5.86. The first-order valence-electron chi connectivity index (χ1n) is 8.77. The second kappa shape index (κ2) is 8.40. The number of alkyl halides is 3. The molecule has 0 unspecified atom stereocenters. The zero-order valence-corrected chi connectivity index (χ0v) is 16.1. The summed E-state index contributed by atoms with van der Waals surface area (Å²) in [4.78, 5) is 24.6. The molecule has 0 N–H and O–H groups in total. The Bertz CT molecular complexity index is 1120. The summed E-state index contributed by atoms with van der Waals surface area (Å²) in [6.45, 7) is 1.39. The number of esters is 1. The third-order valence-corrected chi connectivity index (χ3v) is 4.25. The molecular weight excluding hydrogens is 401 g/mol. The molecule has 0 atom stereocenters. The van der Waals surface area contributed by atoms with E-state index in [1.165, 1.54) is 26.2 Å². The van der Waals surface area contributed by atoms with Crippen molar-refractivity contribution in [1.29, 1.82) is 0 Å². The molecule has 1 heterocycles. The first-order chi connectivity index (χ1) is 14.2. The van der Waals surface area contributed by atoms with Gasteiger partial charge in [-0.1, -0.05) is 18.2 Å². The monoisotopic (exact) mass is 418 g/mol. The van der Waals surface area contributed by atoms with Gasteiger partial charge in [-0.15, -0.1) is 0 Å². The van der Waals surface area contributed by atoms with Crippen molar-refractivity contribution in [3.63, 3.8) is 0 Å². The number of aromatic nitrogens is 2. The number of halogens is 3. The Hall–Kier alpha value is -3.62. The number of hydrogen-bond donors (Lipinski definition) is 0. The predicted octanol–water partition coefficient (Wildman–Crippen LogP) is 3.93. The maximum Gasteiger partial charge on any atom is 0.416 e. The predicted molar refractivity (Wildman–Crippen MR) is 102 cm³/mol. The summed E-state index contributed by atoms with van der Waals surface area (Å²) >= 11 is 0. The number of methoxy groups -OCH3 is 1. The van der Waals surface area contributed by atoms with Gasteiger partial charge in [-0.05, 0) is 42.8 Å². The van der Waals surface area contributed by atoms with Gasteiger partial charge in [0.1, 0.15) is 12.4 Å². The number of carbonyl (C=O) groups is 1. The summed E-state index contributed by atoms with van der Waals surface area (Å²) in [6, 6.07) is 12.3. The van der Waals surface area contributed by atoms with Crippen LogP contribution in [-0.2, 0) is 17.5 Å². The number of nitrogens with zero attached hydrogens (tertiary/aromatic N) is 2. The molecule has 156 valence electrons. The number of hydrogen-bond acceptors (Lipinski definition) is 5. The first kappa shape index (κ1) is 21.1. The molecular formula is C21H17F3N2O4. The van der Waals surface area contributed by atoms with Crippen LogP contribution in [0.5, 0.6) is 5.75 Å². The van der Waals surface area contributed by atoms with Crippen molar-refractivity contribution in [3.8, 4) is 11.4 Å². The van der Waals surface area contributed by atoms with Crippen LogP contribution in [0, 0.1) is 6.92 Å². The molecule has 0 saturated heterocycles. The molecule has 9 heteroatoms. The van der Waals surface area contributed by atoms with Gasteiger partial charge in [-0.25, -0.2) is 9.48 Å². The summed E-state index contributed by atoms with van der Waals surface area (Å²) < 4.78 is 50.3. The van der Waals surface area contributed by atoms with Crippen molar-refractivity contribution in [2.75, 3.05) is 7.11 Å². The lowest BCUT2D eigenvalue weighted by molar-refractivity contribution is -0.137. The van der Waals surface area contributed by atoms with Crippen LogP contribution in [0.2, 0.25) is 0 Å². The van der Waals surface area contributed by atoms with E-state index in [1.54, 1.807) is 24.3 Å². The van der Waals surface area contributed by atoms with Crippen molar-refractivity contribution < 1.29 is 27.4 Å². The molecule has 30 heavy (non-hydrogen) atoms. The van der Waals surface area contributed by atoms with E-state index in [0.29, 0.717) is 11.3 Å². The highest BCUT2D eigenvalue weighted by atomic mass is 19.4. The Kier molecular flexibility index (Phi) is 5.91. The second-order valence-corrected chi connectivity index (χ2v) is 6.38. The van der Waals surface area contributed by atoms with Crippen LogP contribution in [0.1, 0.15) is 27.3 Å². The number of ether oxygens (including phenoxy) is 2. The average Bonchev–Trinajstić information content (AvgIpc) is 2.72. The van der Waals surface area contributed by atoms with Crippen LogP contribution in [0.15, 0.2) is 59.4 Å². The summed E-state index contributed by atoms with van der Waals surface area (Å²) in [6.07, 6.45) is -4.54. The Balaban J connectivity index is 1.87. The highest BCUT2D eigenvalue weighted by Gasteiger charge is 2.30. The Labute approximate surface area is 169 Å². The minimum absolute atomic E-state index is 0.0616. The molecule has 6 nitrogen and oxygen atoms in total. The number of rotatable bonds is 5. The van der Waals surface area contributed by atoms with E-state index < -0.39 is 28.8 Å². The minimum atomic E-state index is -4.54.